The van der Waals surface area contributed by atoms with E-state index in [4.69, 9.17) is 10.5 Å². The number of carbonyl (C=O) groups excluding carboxylic acids is 1. The molecule has 5 nitrogen and oxygen atoms in total. The van der Waals surface area contributed by atoms with E-state index < -0.39 is 0 Å². The summed E-state index contributed by atoms with van der Waals surface area (Å²) in [6, 6.07) is 5.11. The third kappa shape index (κ3) is 5.38. The Morgan fingerprint density at radius 3 is 2.70 bits per heavy atom. The van der Waals surface area contributed by atoms with E-state index in [1.807, 2.05) is 26.8 Å². The first-order chi connectivity index (χ1) is 9.56. The normalized spacial score (nSPS) is 11.8. The van der Waals surface area contributed by atoms with Crippen molar-refractivity contribution in [2.45, 2.75) is 39.7 Å². The number of amides is 1. The van der Waals surface area contributed by atoms with E-state index in [-0.39, 0.29) is 11.9 Å². The number of ether oxygens (including phenoxy) is 1. The van der Waals surface area contributed by atoms with Crippen molar-refractivity contribution in [3.8, 4) is 5.75 Å². The summed E-state index contributed by atoms with van der Waals surface area (Å²) in [6.45, 7) is 7.22. The molecule has 1 atom stereocenters. The van der Waals surface area contributed by atoms with E-state index in [1.54, 1.807) is 12.1 Å². The molecule has 0 fully saturated rings. The fourth-order valence-corrected chi connectivity index (χ4v) is 1.73. The summed E-state index contributed by atoms with van der Waals surface area (Å²) in [7, 11) is 0. The number of carbonyl (C=O) groups is 1. The lowest BCUT2D eigenvalue weighted by molar-refractivity contribution is -0.121. The minimum Gasteiger partial charge on any atom is -0.493 e. The van der Waals surface area contributed by atoms with Crippen molar-refractivity contribution in [2.24, 2.45) is 0 Å². The predicted octanol–water partition coefficient (Wildman–Crippen LogP) is 2.38. The Morgan fingerprint density at radius 2 is 2.05 bits per heavy atom. The number of nitrogens with one attached hydrogen (secondary N) is 2. The van der Waals surface area contributed by atoms with Crippen LogP contribution in [0.5, 0.6) is 5.75 Å². The Kier molecular flexibility index (Phi) is 6.70. The topological polar surface area (TPSA) is 76.4 Å². The molecule has 0 spiro atoms. The van der Waals surface area contributed by atoms with Crippen LogP contribution in [0.1, 0.15) is 33.6 Å². The van der Waals surface area contributed by atoms with Crippen LogP contribution in [0.25, 0.3) is 0 Å². The SMILES string of the molecule is CCCNC(=O)C(C)Nc1cc(N)cc(OCCC)c1. The maximum atomic E-state index is 11.8. The molecule has 1 amide bonds. The summed E-state index contributed by atoms with van der Waals surface area (Å²) >= 11 is 0. The van der Waals surface area contributed by atoms with E-state index >= 15 is 0 Å². The summed E-state index contributed by atoms with van der Waals surface area (Å²) in [5.41, 5.74) is 7.24. The lowest BCUT2D eigenvalue weighted by atomic mass is 10.2. The number of nitrogen functional groups attached to an aromatic ring is 1. The van der Waals surface area contributed by atoms with Gasteiger partial charge in [-0.2, -0.15) is 0 Å². The largest absolute Gasteiger partial charge is 0.493 e. The molecule has 0 aromatic heterocycles. The number of benzene rings is 1. The van der Waals surface area contributed by atoms with Gasteiger partial charge in [0.15, 0.2) is 0 Å². The van der Waals surface area contributed by atoms with Crippen LogP contribution in [0.4, 0.5) is 11.4 Å². The Balaban J connectivity index is 2.66. The first-order valence-corrected chi connectivity index (χ1v) is 7.14. The lowest BCUT2D eigenvalue weighted by Crippen LogP contribution is -2.37. The summed E-state index contributed by atoms with van der Waals surface area (Å²) < 4.78 is 5.56. The highest BCUT2D eigenvalue weighted by Gasteiger charge is 2.12. The van der Waals surface area contributed by atoms with Crippen molar-refractivity contribution in [3.05, 3.63) is 18.2 Å². The minimum absolute atomic E-state index is 0.0229. The van der Waals surface area contributed by atoms with E-state index in [0.717, 1.165) is 24.3 Å². The Hall–Kier alpha value is -1.91. The van der Waals surface area contributed by atoms with Crippen LogP contribution < -0.4 is 21.1 Å². The van der Waals surface area contributed by atoms with Crippen LogP contribution in [-0.4, -0.2) is 25.1 Å². The summed E-state index contributed by atoms with van der Waals surface area (Å²) in [5, 5.41) is 5.99. The van der Waals surface area contributed by atoms with Crippen molar-refractivity contribution in [2.75, 3.05) is 24.2 Å². The molecule has 1 aromatic carbocycles. The van der Waals surface area contributed by atoms with E-state index in [1.165, 1.54) is 0 Å². The van der Waals surface area contributed by atoms with Gasteiger partial charge < -0.3 is 21.1 Å². The average molecular weight is 279 g/mol. The molecule has 1 rings (SSSR count). The molecule has 0 aliphatic rings. The van der Waals surface area contributed by atoms with Gasteiger partial charge in [-0.1, -0.05) is 13.8 Å². The zero-order valence-electron chi connectivity index (χ0n) is 12.5. The highest BCUT2D eigenvalue weighted by atomic mass is 16.5. The molecule has 0 bridgehead atoms. The maximum absolute atomic E-state index is 11.8. The lowest BCUT2D eigenvalue weighted by Gasteiger charge is -2.16. The number of anilines is 2. The summed E-state index contributed by atoms with van der Waals surface area (Å²) in [6.07, 6.45) is 1.86. The quantitative estimate of drug-likeness (QED) is 0.639. The molecule has 1 aromatic rings. The highest BCUT2D eigenvalue weighted by Crippen LogP contribution is 2.23. The molecule has 112 valence electrons. The predicted molar refractivity (Wildman–Crippen MR) is 83.0 cm³/mol. The Bertz CT molecular complexity index is 435. The molecule has 1 unspecified atom stereocenters. The van der Waals surface area contributed by atoms with E-state index in [0.29, 0.717) is 18.8 Å². The third-order valence-corrected chi connectivity index (χ3v) is 2.73. The molecule has 20 heavy (non-hydrogen) atoms. The second-order valence-electron chi connectivity index (χ2n) is 4.80. The van der Waals surface area contributed by atoms with Gasteiger partial charge in [0.25, 0.3) is 0 Å². The van der Waals surface area contributed by atoms with Crippen LogP contribution in [-0.2, 0) is 4.79 Å². The van der Waals surface area contributed by atoms with Crippen molar-refractivity contribution in [1.82, 2.24) is 5.32 Å². The molecule has 4 N–H and O–H groups in total. The van der Waals surface area contributed by atoms with Crippen molar-refractivity contribution in [3.63, 3.8) is 0 Å². The zero-order valence-corrected chi connectivity index (χ0v) is 12.5. The number of hydrogen-bond donors (Lipinski definition) is 3. The van der Waals surface area contributed by atoms with Gasteiger partial charge in [-0.3, -0.25) is 4.79 Å². The molecular formula is C15H25N3O2. The first kappa shape index (κ1) is 16.1. The van der Waals surface area contributed by atoms with Gasteiger partial charge in [-0.15, -0.1) is 0 Å². The monoisotopic (exact) mass is 279 g/mol. The Morgan fingerprint density at radius 1 is 1.30 bits per heavy atom. The fourth-order valence-electron chi connectivity index (χ4n) is 1.73. The smallest absolute Gasteiger partial charge is 0.242 e. The number of hydrogen-bond acceptors (Lipinski definition) is 4. The van der Waals surface area contributed by atoms with Gasteiger partial charge in [0, 0.05) is 30.1 Å². The van der Waals surface area contributed by atoms with E-state index in [9.17, 15) is 4.79 Å². The van der Waals surface area contributed by atoms with E-state index in [2.05, 4.69) is 10.6 Å². The maximum Gasteiger partial charge on any atom is 0.242 e. The molecular weight excluding hydrogens is 254 g/mol. The first-order valence-electron chi connectivity index (χ1n) is 7.14. The van der Waals surface area contributed by atoms with Gasteiger partial charge in [-0.05, 0) is 25.8 Å². The van der Waals surface area contributed by atoms with Crippen LogP contribution in [0, 0.1) is 0 Å². The molecule has 5 heteroatoms. The second kappa shape index (κ2) is 8.30. The minimum atomic E-state index is -0.317. The standard InChI is InChI=1S/C15H25N3O2/c1-4-6-17-15(19)11(3)18-13-8-12(16)9-14(10-13)20-7-5-2/h8-11,18H,4-7,16H2,1-3H3,(H,17,19). The fraction of sp³-hybridized carbons (Fsp3) is 0.533. The number of nitrogens with two attached hydrogens (primary N) is 1. The van der Waals surface area contributed by atoms with Crippen LogP contribution in [0.2, 0.25) is 0 Å². The highest BCUT2D eigenvalue weighted by molar-refractivity contribution is 5.84. The van der Waals surface area contributed by atoms with Gasteiger partial charge in [0.05, 0.1) is 6.61 Å². The van der Waals surface area contributed by atoms with Gasteiger partial charge in [-0.25, -0.2) is 0 Å². The molecule has 0 aliphatic carbocycles. The van der Waals surface area contributed by atoms with Gasteiger partial charge in [0.1, 0.15) is 11.8 Å². The molecule has 0 aliphatic heterocycles. The van der Waals surface area contributed by atoms with Crippen molar-refractivity contribution >= 4 is 17.3 Å². The molecule has 0 saturated heterocycles. The summed E-state index contributed by atoms with van der Waals surface area (Å²) in [5.74, 6) is 0.695. The number of rotatable bonds is 8. The zero-order chi connectivity index (χ0) is 15.0. The molecule has 0 saturated carbocycles. The second-order valence-corrected chi connectivity index (χ2v) is 4.80. The summed E-state index contributed by atoms with van der Waals surface area (Å²) in [4.78, 5) is 11.8. The van der Waals surface area contributed by atoms with Gasteiger partial charge in [0.2, 0.25) is 5.91 Å². The van der Waals surface area contributed by atoms with Gasteiger partial charge >= 0.3 is 0 Å². The van der Waals surface area contributed by atoms with Crippen LogP contribution in [0.3, 0.4) is 0 Å². The third-order valence-electron chi connectivity index (χ3n) is 2.73. The van der Waals surface area contributed by atoms with Crippen LogP contribution in [0.15, 0.2) is 18.2 Å². The molecule has 0 heterocycles. The Labute approximate surface area is 120 Å². The van der Waals surface area contributed by atoms with Crippen molar-refractivity contribution in [1.29, 1.82) is 0 Å². The average Bonchev–Trinajstić information content (AvgIpc) is 2.41. The van der Waals surface area contributed by atoms with Crippen molar-refractivity contribution < 1.29 is 9.53 Å². The van der Waals surface area contributed by atoms with Crippen LogP contribution >= 0.6 is 0 Å². The molecule has 0 radical (unpaired) electrons.